The molecule has 2 rings (SSSR count). The summed E-state index contributed by atoms with van der Waals surface area (Å²) in [6.45, 7) is 3.29. The lowest BCUT2D eigenvalue weighted by atomic mass is 10.1. The molecule has 0 aliphatic carbocycles. The topological polar surface area (TPSA) is 17.8 Å². The zero-order valence-electron chi connectivity index (χ0n) is 9.56. The molecule has 0 saturated carbocycles. The second kappa shape index (κ2) is 5.48. The Hall–Kier alpha value is -0.830. The summed E-state index contributed by atoms with van der Waals surface area (Å²) in [5.74, 6) is 0.697. The van der Waals surface area contributed by atoms with Crippen molar-refractivity contribution < 1.29 is 0 Å². The summed E-state index contributed by atoms with van der Waals surface area (Å²) in [6.07, 6.45) is 4.45. The number of alkyl halides is 1. The smallest absolute Gasteiger partial charge is 0.0958 e. The molecule has 0 saturated heterocycles. The van der Waals surface area contributed by atoms with E-state index in [1.54, 1.807) is 0 Å². The van der Waals surface area contributed by atoms with Crippen LogP contribution in [-0.4, -0.2) is 14.9 Å². The molecule has 16 heavy (non-hydrogen) atoms. The van der Waals surface area contributed by atoms with Crippen LogP contribution in [0.25, 0.3) is 11.0 Å². The van der Waals surface area contributed by atoms with E-state index in [2.05, 4.69) is 50.6 Å². The van der Waals surface area contributed by atoms with Gasteiger partial charge in [-0.3, -0.25) is 0 Å². The quantitative estimate of drug-likeness (QED) is 0.761. The van der Waals surface area contributed by atoms with Gasteiger partial charge < -0.3 is 4.57 Å². The molecule has 1 unspecified atom stereocenters. The Balaban J connectivity index is 2.20. The van der Waals surface area contributed by atoms with Gasteiger partial charge in [0.15, 0.2) is 0 Å². The molecular formula is C13H17BrN2. The van der Waals surface area contributed by atoms with E-state index < -0.39 is 0 Å². The van der Waals surface area contributed by atoms with Crippen LogP contribution in [0.5, 0.6) is 0 Å². The van der Waals surface area contributed by atoms with E-state index in [0.717, 1.165) is 17.4 Å². The van der Waals surface area contributed by atoms with Crippen LogP contribution in [0.4, 0.5) is 0 Å². The maximum absolute atomic E-state index is 4.41. The Morgan fingerprint density at radius 2 is 2.19 bits per heavy atom. The summed E-state index contributed by atoms with van der Waals surface area (Å²) >= 11 is 3.59. The first-order chi connectivity index (χ1) is 7.85. The van der Waals surface area contributed by atoms with Gasteiger partial charge in [0.25, 0.3) is 0 Å². The van der Waals surface area contributed by atoms with Crippen LogP contribution in [0.2, 0.25) is 0 Å². The predicted octanol–water partition coefficient (Wildman–Crippen LogP) is 3.85. The summed E-state index contributed by atoms with van der Waals surface area (Å²) in [6, 6.07) is 8.31. The Labute approximate surface area is 105 Å². The van der Waals surface area contributed by atoms with Gasteiger partial charge in [-0.05, 0) is 24.5 Å². The molecule has 0 aliphatic heterocycles. The van der Waals surface area contributed by atoms with Gasteiger partial charge >= 0.3 is 0 Å². The van der Waals surface area contributed by atoms with Gasteiger partial charge in [-0.2, -0.15) is 0 Å². The third-order valence-electron chi connectivity index (χ3n) is 2.90. The molecule has 3 heteroatoms. The molecule has 0 spiro atoms. The number of halogens is 1. The van der Waals surface area contributed by atoms with Gasteiger partial charge in [0.2, 0.25) is 0 Å². The molecule has 0 N–H and O–H groups in total. The van der Waals surface area contributed by atoms with Gasteiger partial charge in [-0.25, -0.2) is 4.98 Å². The summed E-state index contributed by atoms with van der Waals surface area (Å²) in [4.78, 5) is 4.41. The lowest BCUT2D eigenvalue weighted by molar-refractivity contribution is 0.461. The Morgan fingerprint density at radius 3 is 2.94 bits per heavy atom. The first-order valence-corrected chi connectivity index (χ1v) is 6.93. The van der Waals surface area contributed by atoms with E-state index in [1.807, 2.05) is 12.4 Å². The number of aromatic nitrogens is 2. The first kappa shape index (κ1) is 11.6. The van der Waals surface area contributed by atoms with Crippen LogP contribution in [-0.2, 0) is 6.54 Å². The molecule has 1 aromatic heterocycles. The lowest BCUT2D eigenvalue weighted by Gasteiger charge is -2.14. The highest BCUT2D eigenvalue weighted by molar-refractivity contribution is 9.09. The normalized spacial score (nSPS) is 13.1. The third-order valence-corrected chi connectivity index (χ3v) is 3.81. The second-order valence-electron chi connectivity index (χ2n) is 4.19. The van der Waals surface area contributed by atoms with Crippen molar-refractivity contribution in [3.63, 3.8) is 0 Å². The molecule has 0 bridgehead atoms. The van der Waals surface area contributed by atoms with Crippen LogP contribution in [0.3, 0.4) is 0 Å². The monoisotopic (exact) mass is 280 g/mol. The van der Waals surface area contributed by atoms with Crippen LogP contribution in [0.1, 0.15) is 19.8 Å². The SMILES string of the molecule is CCCC(CBr)Cn1cnc2ccccc21. The van der Waals surface area contributed by atoms with E-state index in [9.17, 15) is 0 Å². The second-order valence-corrected chi connectivity index (χ2v) is 4.84. The Kier molecular flexibility index (Phi) is 3.99. The average Bonchev–Trinajstić information content (AvgIpc) is 2.72. The summed E-state index contributed by atoms with van der Waals surface area (Å²) in [7, 11) is 0. The van der Waals surface area contributed by atoms with Gasteiger partial charge in [-0.1, -0.05) is 41.4 Å². The van der Waals surface area contributed by atoms with Gasteiger partial charge in [0, 0.05) is 11.9 Å². The number of imidazole rings is 1. The van der Waals surface area contributed by atoms with Crippen molar-refractivity contribution in [1.29, 1.82) is 0 Å². The van der Waals surface area contributed by atoms with Crippen LogP contribution in [0.15, 0.2) is 30.6 Å². The largest absolute Gasteiger partial charge is 0.330 e. The number of rotatable bonds is 5. The number of benzene rings is 1. The highest BCUT2D eigenvalue weighted by Gasteiger charge is 2.09. The van der Waals surface area contributed by atoms with Gasteiger partial charge in [-0.15, -0.1) is 0 Å². The van der Waals surface area contributed by atoms with E-state index >= 15 is 0 Å². The van der Waals surface area contributed by atoms with E-state index in [-0.39, 0.29) is 0 Å². The molecule has 1 aromatic carbocycles. The van der Waals surface area contributed by atoms with Crippen molar-refractivity contribution in [2.45, 2.75) is 26.3 Å². The number of fused-ring (bicyclic) bond motifs is 1. The predicted molar refractivity (Wildman–Crippen MR) is 71.9 cm³/mol. The maximum Gasteiger partial charge on any atom is 0.0958 e. The fraction of sp³-hybridized carbons (Fsp3) is 0.462. The average molecular weight is 281 g/mol. The lowest BCUT2D eigenvalue weighted by Crippen LogP contribution is -2.11. The third kappa shape index (κ3) is 2.46. The molecule has 0 fully saturated rings. The van der Waals surface area contributed by atoms with Crippen molar-refractivity contribution in [1.82, 2.24) is 9.55 Å². The molecule has 1 heterocycles. The van der Waals surface area contributed by atoms with Crippen molar-refractivity contribution in [3.05, 3.63) is 30.6 Å². The Morgan fingerprint density at radius 1 is 1.38 bits per heavy atom. The van der Waals surface area contributed by atoms with Gasteiger partial charge in [0.1, 0.15) is 0 Å². The van der Waals surface area contributed by atoms with Crippen molar-refractivity contribution in [2.75, 3.05) is 5.33 Å². The molecule has 86 valence electrons. The molecular weight excluding hydrogens is 264 g/mol. The van der Waals surface area contributed by atoms with Crippen molar-refractivity contribution >= 4 is 27.0 Å². The van der Waals surface area contributed by atoms with Crippen molar-refractivity contribution in [3.8, 4) is 0 Å². The fourth-order valence-corrected chi connectivity index (χ4v) is 2.59. The van der Waals surface area contributed by atoms with Crippen LogP contribution in [0, 0.1) is 5.92 Å². The minimum absolute atomic E-state index is 0.697. The number of para-hydroxylation sites is 2. The molecule has 2 aromatic rings. The standard InChI is InChI=1S/C13H17BrN2/c1-2-5-11(8-14)9-16-10-15-12-6-3-4-7-13(12)16/h3-4,6-7,10-11H,2,5,8-9H2,1H3. The van der Waals surface area contributed by atoms with E-state index in [4.69, 9.17) is 0 Å². The van der Waals surface area contributed by atoms with Crippen LogP contribution < -0.4 is 0 Å². The number of hydrogen-bond acceptors (Lipinski definition) is 1. The summed E-state index contributed by atoms with van der Waals surface area (Å²) < 4.78 is 2.26. The number of hydrogen-bond donors (Lipinski definition) is 0. The van der Waals surface area contributed by atoms with Crippen LogP contribution >= 0.6 is 15.9 Å². The minimum Gasteiger partial charge on any atom is -0.330 e. The Bertz CT molecular complexity index is 450. The molecule has 0 amide bonds. The van der Waals surface area contributed by atoms with E-state index in [0.29, 0.717) is 5.92 Å². The summed E-state index contributed by atoms with van der Waals surface area (Å²) in [5, 5.41) is 1.06. The minimum atomic E-state index is 0.697. The summed E-state index contributed by atoms with van der Waals surface area (Å²) in [5.41, 5.74) is 2.33. The fourth-order valence-electron chi connectivity index (χ4n) is 2.06. The maximum atomic E-state index is 4.41. The van der Waals surface area contributed by atoms with Gasteiger partial charge in [0.05, 0.1) is 17.4 Å². The molecule has 2 nitrogen and oxygen atoms in total. The zero-order chi connectivity index (χ0) is 11.4. The zero-order valence-corrected chi connectivity index (χ0v) is 11.2. The molecule has 0 aliphatic rings. The van der Waals surface area contributed by atoms with E-state index in [1.165, 1.54) is 18.4 Å². The highest BCUT2D eigenvalue weighted by atomic mass is 79.9. The van der Waals surface area contributed by atoms with Crippen molar-refractivity contribution in [2.24, 2.45) is 5.92 Å². The highest BCUT2D eigenvalue weighted by Crippen LogP contribution is 2.17. The number of nitrogens with zero attached hydrogens (tertiary/aromatic N) is 2. The first-order valence-electron chi connectivity index (χ1n) is 5.81. The molecule has 1 atom stereocenters. The molecule has 0 radical (unpaired) electrons.